The SMILES string of the molecule is CCCC(CCO)CNCc1cc(OC)ccc1OC. The first-order valence-corrected chi connectivity index (χ1v) is 7.27. The maximum atomic E-state index is 9.07. The molecular weight excluding hydrogens is 254 g/mol. The summed E-state index contributed by atoms with van der Waals surface area (Å²) in [6.07, 6.45) is 3.15. The number of aliphatic hydroxyl groups excluding tert-OH is 1. The Morgan fingerprint density at radius 3 is 2.60 bits per heavy atom. The predicted molar refractivity (Wildman–Crippen MR) is 81.4 cm³/mol. The van der Waals surface area contributed by atoms with Crippen molar-refractivity contribution >= 4 is 0 Å². The Hall–Kier alpha value is -1.26. The number of methoxy groups -OCH3 is 2. The van der Waals surface area contributed by atoms with Gasteiger partial charge in [0.2, 0.25) is 0 Å². The van der Waals surface area contributed by atoms with Gasteiger partial charge in [0.25, 0.3) is 0 Å². The molecule has 2 N–H and O–H groups in total. The first-order chi connectivity index (χ1) is 9.74. The molecule has 0 fully saturated rings. The van der Waals surface area contributed by atoms with E-state index in [2.05, 4.69) is 12.2 Å². The molecule has 0 aliphatic heterocycles. The van der Waals surface area contributed by atoms with E-state index < -0.39 is 0 Å². The summed E-state index contributed by atoms with van der Waals surface area (Å²) in [6, 6.07) is 5.81. The molecule has 20 heavy (non-hydrogen) atoms. The van der Waals surface area contributed by atoms with Crippen LogP contribution in [0.3, 0.4) is 0 Å². The maximum Gasteiger partial charge on any atom is 0.123 e. The smallest absolute Gasteiger partial charge is 0.123 e. The van der Waals surface area contributed by atoms with E-state index in [-0.39, 0.29) is 6.61 Å². The molecule has 0 radical (unpaired) electrons. The van der Waals surface area contributed by atoms with Crippen molar-refractivity contribution in [2.45, 2.75) is 32.7 Å². The molecule has 0 amide bonds. The number of hydrogen-bond donors (Lipinski definition) is 2. The Bertz CT molecular complexity index is 376. The third-order valence-electron chi connectivity index (χ3n) is 3.47. The van der Waals surface area contributed by atoms with Crippen molar-refractivity contribution in [3.63, 3.8) is 0 Å². The Morgan fingerprint density at radius 1 is 1.20 bits per heavy atom. The molecule has 0 aliphatic carbocycles. The van der Waals surface area contributed by atoms with Crippen LogP contribution in [0.2, 0.25) is 0 Å². The van der Waals surface area contributed by atoms with E-state index in [4.69, 9.17) is 14.6 Å². The average molecular weight is 281 g/mol. The highest BCUT2D eigenvalue weighted by Crippen LogP contribution is 2.23. The van der Waals surface area contributed by atoms with Gasteiger partial charge < -0.3 is 19.9 Å². The number of ether oxygens (including phenoxy) is 2. The van der Waals surface area contributed by atoms with Gasteiger partial charge in [0.1, 0.15) is 11.5 Å². The highest BCUT2D eigenvalue weighted by atomic mass is 16.5. The molecule has 4 heteroatoms. The molecular formula is C16H27NO3. The van der Waals surface area contributed by atoms with Crippen LogP contribution < -0.4 is 14.8 Å². The Kier molecular flexibility index (Phi) is 8.07. The zero-order valence-electron chi connectivity index (χ0n) is 12.8. The van der Waals surface area contributed by atoms with Gasteiger partial charge in [-0.25, -0.2) is 0 Å². The first kappa shape index (κ1) is 16.8. The minimum absolute atomic E-state index is 0.259. The van der Waals surface area contributed by atoms with Crippen LogP contribution in [0.1, 0.15) is 31.7 Å². The summed E-state index contributed by atoms with van der Waals surface area (Å²) >= 11 is 0. The van der Waals surface area contributed by atoms with Crippen molar-refractivity contribution in [2.75, 3.05) is 27.4 Å². The fraction of sp³-hybridized carbons (Fsp3) is 0.625. The van der Waals surface area contributed by atoms with Crippen LogP contribution in [0, 0.1) is 5.92 Å². The molecule has 1 unspecified atom stereocenters. The number of hydrogen-bond acceptors (Lipinski definition) is 4. The normalized spacial score (nSPS) is 12.2. The molecule has 1 aromatic carbocycles. The van der Waals surface area contributed by atoms with E-state index in [1.807, 2.05) is 18.2 Å². The Morgan fingerprint density at radius 2 is 2.00 bits per heavy atom. The molecule has 0 heterocycles. The zero-order valence-corrected chi connectivity index (χ0v) is 12.8. The van der Waals surface area contributed by atoms with Gasteiger partial charge in [-0.05, 0) is 43.5 Å². The molecule has 0 spiro atoms. The van der Waals surface area contributed by atoms with Crippen molar-refractivity contribution in [3.8, 4) is 11.5 Å². The molecule has 0 saturated heterocycles. The molecule has 4 nitrogen and oxygen atoms in total. The second kappa shape index (κ2) is 9.61. The monoisotopic (exact) mass is 281 g/mol. The predicted octanol–water partition coefficient (Wildman–Crippen LogP) is 2.59. The third-order valence-corrected chi connectivity index (χ3v) is 3.47. The number of aliphatic hydroxyl groups is 1. The summed E-state index contributed by atoms with van der Waals surface area (Å²) in [4.78, 5) is 0. The molecule has 1 rings (SSSR count). The van der Waals surface area contributed by atoms with Crippen LogP contribution in [0.15, 0.2) is 18.2 Å². The van der Waals surface area contributed by atoms with Crippen molar-refractivity contribution in [1.29, 1.82) is 0 Å². The summed E-state index contributed by atoms with van der Waals surface area (Å²) in [6.45, 7) is 4.09. The lowest BCUT2D eigenvalue weighted by molar-refractivity contribution is 0.248. The van der Waals surface area contributed by atoms with E-state index in [1.165, 1.54) is 0 Å². The van der Waals surface area contributed by atoms with Crippen molar-refractivity contribution < 1.29 is 14.6 Å². The minimum Gasteiger partial charge on any atom is -0.497 e. The summed E-state index contributed by atoms with van der Waals surface area (Å²) in [5.41, 5.74) is 1.09. The standard InChI is InChI=1S/C16H27NO3/c1-4-5-13(8-9-18)11-17-12-14-10-15(19-2)6-7-16(14)20-3/h6-7,10,13,17-18H,4-5,8-9,11-12H2,1-3H3. The number of rotatable bonds is 10. The van der Waals surface area contributed by atoms with Gasteiger partial charge in [0, 0.05) is 18.7 Å². The highest BCUT2D eigenvalue weighted by Gasteiger charge is 2.09. The van der Waals surface area contributed by atoms with Gasteiger partial charge in [-0.2, -0.15) is 0 Å². The highest BCUT2D eigenvalue weighted by molar-refractivity contribution is 5.40. The largest absolute Gasteiger partial charge is 0.497 e. The lowest BCUT2D eigenvalue weighted by atomic mass is 10.00. The fourth-order valence-corrected chi connectivity index (χ4v) is 2.37. The van der Waals surface area contributed by atoms with Gasteiger partial charge >= 0.3 is 0 Å². The Balaban J connectivity index is 2.55. The molecule has 0 saturated carbocycles. The Labute approximate surface area is 122 Å². The van der Waals surface area contributed by atoms with Crippen LogP contribution in [0.4, 0.5) is 0 Å². The van der Waals surface area contributed by atoms with Gasteiger partial charge in [0.15, 0.2) is 0 Å². The number of nitrogens with one attached hydrogen (secondary N) is 1. The summed E-state index contributed by atoms with van der Waals surface area (Å²) < 4.78 is 10.6. The van der Waals surface area contributed by atoms with Crippen LogP contribution in [0.5, 0.6) is 11.5 Å². The van der Waals surface area contributed by atoms with Crippen molar-refractivity contribution in [1.82, 2.24) is 5.32 Å². The first-order valence-electron chi connectivity index (χ1n) is 7.27. The van der Waals surface area contributed by atoms with Crippen LogP contribution in [0.25, 0.3) is 0 Å². The van der Waals surface area contributed by atoms with Crippen LogP contribution >= 0.6 is 0 Å². The van der Waals surface area contributed by atoms with E-state index in [0.29, 0.717) is 5.92 Å². The van der Waals surface area contributed by atoms with Crippen LogP contribution in [-0.2, 0) is 6.54 Å². The van der Waals surface area contributed by atoms with Gasteiger partial charge in [-0.15, -0.1) is 0 Å². The average Bonchev–Trinajstić information content (AvgIpc) is 2.47. The topological polar surface area (TPSA) is 50.7 Å². The molecule has 1 atom stereocenters. The number of benzene rings is 1. The molecule has 114 valence electrons. The van der Waals surface area contributed by atoms with E-state index in [1.54, 1.807) is 14.2 Å². The van der Waals surface area contributed by atoms with Gasteiger partial charge in [-0.3, -0.25) is 0 Å². The third kappa shape index (κ3) is 5.39. The minimum atomic E-state index is 0.259. The quantitative estimate of drug-likeness (QED) is 0.692. The van der Waals surface area contributed by atoms with Gasteiger partial charge in [-0.1, -0.05) is 13.3 Å². The van der Waals surface area contributed by atoms with E-state index >= 15 is 0 Å². The van der Waals surface area contributed by atoms with Gasteiger partial charge in [0.05, 0.1) is 14.2 Å². The second-order valence-electron chi connectivity index (χ2n) is 4.98. The van der Waals surface area contributed by atoms with E-state index in [0.717, 1.165) is 49.4 Å². The lowest BCUT2D eigenvalue weighted by Crippen LogP contribution is -2.23. The van der Waals surface area contributed by atoms with Crippen molar-refractivity contribution in [3.05, 3.63) is 23.8 Å². The van der Waals surface area contributed by atoms with E-state index in [9.17, 15) is 0 Å². The van der Waals surface area contributed by atoms with Crippen LogP contribution in [-0.4, -0.2) is 32.5 Å². The molecule has 0 aliphatic rings. The molecule has 0 aromatic heterocycles. The fourth-order valence-electron chi connectivity index (χ4n) is 2.37. The summed E-state index contributed by atoms with van der Waals surface area (Å²) in [7, 11) is 3.34. The molecule has 0 bridgehead atoms. The second-order valence-corrected chi connectivity index (χ2v) is 4.98. The zero-order chi connectivity index (χ0) is 14.8. The summed E-state index contributed by atoms with van der Waals surface area (Å²) in [5, 5.41) is 12.5. The molecule has 1 aromatic rings. The summed E-state index contributed by atoms with van der Waals surface area (Å²) in [5.74, 6) is 2.23. The lowest BCUT2D eigenvalue weighted by Gasteiger charge is -2.17. The van der Waals surface area contributed by atoms with Crippen molar-refractivity contribution in [2.24, 2.45) is 5.92 Å². The maximum absolute atomic E-state index is 9.07.